The fourth-order valence-electron chi connectivity index (χ4n) is 3.72. The van der Waals surface area contributed by atoms with Gasteiger partial charge in [0.05, 0.1) is 23.8 Å². The monoisotopic (exact) mass is 449 g/mol. The van der Waals surface area contributed by atoms with E-state index in [1.165, 1.54) is 6.07 Å². The Hall–Kier alpha value is -3.13. The number of rotatable bonds is 5. The van der Waals surface area contributed by atoms with Crippen molar-refractivity contribution in [1.29, 1.82) is 0 Å². The van der Waals surface area contributed by atoms with Crippen molar-refractivity contribution in [3.8, 4) is 11.4 Å². The number of aromatic nitrogens is 3. The zero-order valence-electron chi connectivity index (χ0n) is 17.3. The first-order valence-electron chi connectivity index (χ1n) is 10.4. The van der Waals surface area contributed by atoms with Crippen LogP contribution in [0.1, 0.15) is 5.56 Å². The lowest BCUT2D eigenvalue weighted by Gasteiger charge is -2.26. The van der Waals surface area contributed by atoms with E-state index in [0.29, 0.717) is 17.3 Å². The fourth-order valence-corrected chi connectivity index (χ4v) is 3.90. The van der Waals surface area contributed by atoms with Gasteiger partial charge >= 0.3 is 0 Å². The second-order valence-electron chi connectivity index (χ2n) is 7.63. The van der Waals surface area contributed by atoms with Gasteiger partial charge in [-0.2, -0.15) is 0 Å². The van der Waals surface area contributed by atoms with E-state index >= 15 is 0 Å². The first-order chi connectivity index (χ1) is 15.7. The van der Waals surface area contributed by atoms with E-state index in [4.69, 9.17) is 26.3 Å². The predicted octanol–water partition coefficient (Wildman–Crippen LogP) is 5.06. The second kappa shape index (κ2) is 9.16. The Kier molecular flexibility index (Phi) is 5.94. The van der Waals surface area contributed by atoms with Crippen molar-refractivity contribution in [3.63, 3.8) is 0 Å². The smallest absolute Gasteiger partial charge is 0.163 e. The molecule has 2 aromatic heterocycles. The van der Waals surface area contributed by atoms with Crippen LogP contribution in [0.5, 0.6) is 0 Å². The number of halogens is 2. The highest BCUT2D eigenvalue weighted by Gasteiger charge is 2.14. The van der Waals surface area contributed by atoms with Crippen LogP contribution in [0.25, 0.3) is 22.3 Å². The van der Waals surface area contributed by atoms with Crippen molar-refractivity contribution >= 4 is 34.0 Å². The normalized spacial score (nSPS) is 14.6. The van der Waals surface area contributed by atoms with Crippen molar-refractivity contribution in [2.45, 2.75) is 6.54 Å². The van der Waals surface area contributed by atoms with Gasteiger partial charge in [-0.15, -0.1) is 0 Å². The molecule has 3 heterocycles. The Balaban J connectivity index is 1.57. The molecule has 4 aromatic rings. The van der Waals surface area contributed by atoms with Gasteiger partial charge in [-0.25, -0.2) is 14.4 Å². The van der Waals surface area contributed by atoms with Crippen LogP contribution in [-0.2, 0) is 11.3 Å². The number of benzene rings is 2. The number of fused-ring (bicyclic) bond motifs is 1. The maximum absolute atomic E-state index is 13.6. The summed E-state index contributed by atoms with van der Waals surface area (Å²) in [6.45, 7) is 4.15. The summed E-state index contributed by atoms with van der Waals surface area (Å²) in [5.74, 6) is 0.719. The lowest BCUT2D eigenvalue weighted by molar-refractivity contribution is 0.0342. The molecule has 5 rings (SSSR count). The summed E-state index contributed by atoms with van der Waals surface area (Å²) in [5, 5.41) is 4.23. The number of ether oxygens (including phenoxy) is 1. The summed E-state index contributed by atoms with van der Waals surface area (Å²) in [5.41, 5.74) is 3.43. The molecule has 8 heteroatoms. The molecule has 0 radical (unpaired) electrons. The SMILES string of the molecule is Fc1ccc(Nc2nc(-c3cccnc3)nc3ccc(CN4CCOCC4)cc23)cc1Cl. The molecule has 1 fully saturated rings. The first kappa shape index (κ1) is 20.8. The lowest BCUT2D eigenvalue weighted by Crippen LogP contribution is -2.35. The molecule has 32 heavy (non-hydrogen) atoms. The van der Waals surface area contributed by atoms with Gasteiger partial charge in [0.25, 0.3) is 0 Å². The van der Waals surface area contributed by atoms with Crippen molar-refractivity contribution in [1.82, 2.24) is 19.9 Å². The molecule has 0 amide bonds. The van der Waals surface area contributed by atoms with Gasteiger partial charge in [0.15, 0.2) is 5.82 Å². The molecule has 0 unspecified atom stereocenters. The molecule has 1 aliphatic rings. The third kappa shape index (κ3) is 4.55. The Morgan fingerprint density at radius 1 is 1.06 bits per heavy atom. The Morgan fingerprint density at radius 2 is 1.94 bits per heavy atom. The first-order valence-corrected chi connectivity index (χ1v) is 10.8. The number of hydrogen-bond donors (Lipinski definition) is 1. The standard InChI is InChI=1S/C24H21ClFN5O/c25-20-13-18(4-5-21(20)26)28-24-19-12-16(15-31-8-10-32-11-9-31)3-6-22(19)29-23(30-24)17-2-1-7-27-14-17/h1-7,12-14H,8-11,15H2,(H,28,29,30). The molecule has 1 aliphatic heterocycles. The minimum absolute atomic E-state index is 0.0499. The summed E-state index contributed by atoms with van der Waals surface area (Å²) >= 11 is 5.99. The molecule has 6 nitrogen and oxygen atoms in total. The average Bonchev–Trinajstić information content (AvgIpc) is 2.83. The van der Waals surface area contributed by atoms with Crippen LogP contribution in [0.2, 0.25) is 5.02 Å². The molecule has 162 valence electrons. The maximum atomic E-state index is 13.6. The molecule has 0 spiro atoms. The van der Waals surface area contributed by atoms with Crippen LogP contribution in [0.4, 0.5) is 15.9 Å². The number of nitrogens with one attached hydrogen (secondary N) is 1. The number of pyridine rings is 1. The third-order valence-electron chi connectivity index (χ3n) is 5.37. The van der Waals surface area contributed by atoms with Crippen molar-refractivity contribution < 1.29 is 9.13 Å². The number of morpholine rings is 1. The van der Waals surface area contributed by atoms with Gasteiger partial charge < -0.3 is 10.1 Å². The average molecular weight is 450 g/mol. The van der Waals surface area contributed by atoms with Crippen molar-refractivity contribution in [2.75, 3.05) is 31.6 Å². The highest BCUT2D eigenvalue weighted by molar-refractivity contribution is 6.31. The molecule has 1 N–H and O–H groups in total. The predicted molar refractivity (Wildman–Crippen MR) is 124 cm³/mol. The zero-order chi connectivity index (χ0) is 21.9. The lowest BCUT2D eigenvalue weighted by atomic mass is 10.1. The highest BCUT2D eigenvalue weighted by Crippen LogP contribution is 2.30. The van der Waals surface area contributed by atoms with Gasteiger partial charge in [0.2, 0.25) is 0 Å². The van der Waals surface area contributed by atoms with Crippen molar-refractivity contribution in [2.24, 2.45) is 0 Å². The molecule has 0 bridgehead atoms. The van der Waals surface area contributed by atoms with E-state index in [2.05, 4.69) is 27.3 Å². The summed E-state index contributed by atoms with van der Waals surface area (Å²) in [4.78, 5) is 16.1. The topological polar surface area (TPSA) is 63.2 Å². The van der Waals surface area contributed by atoms with Crippen LogP contribution in [0, 0.1) is 5.82 Å². The summed E-state index contributed by atoms with van der Waals surface area (Å²) in [7, 11) is 0. The Morgan fingerprint density at radius 3 is 2.72 bits per heavy atom. The van der Waals surface area contributed by atoms with Crippen molar-refractivity contribution in [3.05, 3.63) is 77.3 Å². The van der Waals surface area contributed by atoms with E-state index in [1.54, 1.807) is 24.5 Å². The molecular formula is C24H21ClFN5O. The van der Waals surface area contributed by atoms with Gasteiger partial charge in [-0.05, 0) is 48.0 Å². The fraction of sp³-hybridized carbons (Fsp3) is 0.208. The number of hydrogen-bond acceptors (Lipinski definition) is 6. The molecule has 0 aliphatic carbocycles. The van der Waals surface area contributed by atoms with E-state index in [1.807, 2.05) is 18.2 Å². The highest BCUT2D eigenvalue weighted by atomic mass is 35.5. The summed E-state index contributed by atoms with van der Waals surface area (Å²) in [6.07, 6.45) is 3.44. The quantitative estimate of drug-likeness (QED) is 0.459. The number of anilines is 2. The molecule has 0 saturated carbocycles. The molecular weight excluding hydrogens is 429 g/mol. The maximum Gasteiger partial charge on any atom is 0.163 e. The van der Waals surface area contributed by atoms with Gasteiger partial charge in [-0.3, -0.25) is 9.88 Å². The van der Waals surface area contributed by atoms with E-state index in [0.717, 1.165) is 54.9 Å². The second-order valence-corrected chi connectivity index (χ2v) is 8.04. The van der Waals surface area contributed by atoms with Gasteiger partial charge in [0.1, 0.15) is 11.6 Å². The largest absolute Gasteiger partial charge is 0.379 e. The van der Waals surface area contributed by atoms with Gasteiger partial charge in [0, 0.05) is 48.7 Å². The molecule has 1 saturated heterocycles. The Labute approximate surface area is 190 Å². The van der Waals surface area contributed by atoms with Crippen LogP contribution >= 0.6 is 11.6 Å². The zero-order valence-corrected chi connectivity index (χ0v) is 18.0. The van der Waals surface area contributed by atoms with E-state index in [-0.39, 0.29) is 5.02 Å². The minimum Gasteiger partial charge on any atom is -0.379 e. The van der Waals surface area contributed by atoms with Crippen LogP contribution in [-0.4, -0.2) is 46.2 Å². The van der Waals surface area contributed by atoms with Crippen LogP contribution in [0.3, 0.4) is 0 Å². The number of nitrogens with zero attached hydrogens (tertiary/aromatic N) is 4. The molecule has 0 atom stereocenters. The minimum atomic E-state index is -0.464. The van der Waals surface area contributed by atoms with Crippen LogP contribution in [0.15, 0.2) is 60.9 Å². The Bertz CT molecular complexity index is 1250. The summed E-state index contributed by atoms with van der Waals surface area (Å²) < 4.78 is 19.1. The van der Waals surface area contributed by atoms with E-state index in [9.17, 15) is 4.39 Å². The van der Waals surface area contributed by atoms with Crippen LogP contribution < -0.4 is 5.32 Å². The molecule has 2 aromatic carbocycles. The van der Waals surface area contributed by atoms with Gasteiger partial charge in [-0.1, -0.05) is 17.7 Å². The van der Waals surface area contributed by atoms with E-state index < -0.39 is 5.82 Å². The summed E-state index contributed by atoms with van der Waals surface area (Å²) in [6, 6.07) is 14.5. The third-order valence-corrected chi connectivity index (χ3v) is 5.66.